The molecule has 6 rings (SSSR count). The molecule has 0 radical (unpaired) electrons. The topological polar surface area (TPSA) is 233 Å². The van der Waals surface area contributed by atoms with E-state index in [9.17, 15) is 50.4 Å². The van der Waals surface area contributed by atoms with Crippen molar-refractivity contribution < 1.29 is 69.4 Å². The molecule has 14 nitrogen and oxygen atoms in total. The second-order valence-corrected chi connectivity index (χ2v) is 14.2. The number of carbonyl (C=O) groups is 2. The minimum absolute atomic E-state index is 0.211. The number of rotatable bonds is 6. The molecular formula is C30H46O14. The van der Waals surface area contributed by atoms with Crippen molar-refractivity contribution in [1.82, 2.24) is 0 Å². The first-order chi connectivity index (χ1) is 20.8. The van der Waals surface area contributed by atoms with Gasteiger partial charge in [0.25, 0.3) is 0 Å². The highest BCUT2D eigenvalue weighted by Gasteiger charge is 2.59. The first kappa shape index (κ1) is 32.5. The van der Waals surface area contributed by atoms with E-state index >= 15 is 0 Å². The average Bonchev–Trinajstić information content (AvgIpc) is 3.32. The van der Waals surface area contributed by atoms with E-state index < -0.39 is 73.4 Å². The number of aliphatic hydroxyl groups is 6. The molecule has 14 heteroatoms. The van der Waals surface area contributed by atoms with E-state index in [4.69, 9.17) is 18.9 Å². The Morgan fingerprint density at radius 1 is 0.636 bits per heavy atom. The van der Waals surface area contributed by atoms with Gasteiger partial charge >= 0.3 is 11.9 Å². The van der Waals surface area contributed by atoms with E-state index in [1.54, 1.807) is 0 Å². The average molecular weight is 631 g/mol. The Balaban J connectivity index is 1.07. The van der Waals surface area contributed by atoms with Crippen LogP contribution in [0.25, 0.3) is 0 Å². The number of hydrogen-bond acceptors (Lipinski definition) is 12. The number of carboxylic acids is 2. The Bertz CT molecular complexity index is 1070. The van der Waals surface area contributed by atoms with Crippen LogP contribution in [0.3, 0.4) is 0 Å². The molecule has 44 heavy (non-hydrogen) atoms. The van der Waals surface area contributed by atoms with Crippen molar-refractivity contribution in [3.63, 3.8) is 0 Å². The zero-order chi connectivity index (χ0) is 31.7. The SMILES string of the molecule is C[C@@]12CC[C@H]3[C@@H]4CC[C@@H](OC5OC(C(=O)O)C(O)C(O)C5O)C[C@H]4CC[C@@H]3[C@H]1CC[C@@H]2OC1OC(C(=O)O)C(O)C(O)C1O. The van der Waals surface area contributed by atoms with Gasteiger partial charge in [-0.05, 0) is 92.8 Å². The van der Waals surface area contributed by atoms with Gasteiger partial charge in [0.05, 0.1) is 12.2 Å². The Hall–Kier alpha value is -1.46. The molecule has 0 spiro atoms. The van der Waals surface area contributed by atoms with Gasteiger partial charge in [0.15, 0.2) is 24.8 Å². The summed E-state index contributed by atoms with van der Waals surface area (Å²) in [5.41, 5.74) is -0.211. The predicted octanol–water partition coefficient (Wildman–Crippen LogP) is -0.806. The second kappa shape index (κ2) is 12.3. The zero-order valence-corrected chi connectivity index (χ0v) is 24.7. The van der Waals surface area contributed by atoms with Crippen molar-refractivity contribution in [3.8, 4) is 0 Å². The summed E-state index contributed by atoms with van der Waals surface area (Å²) in [6.45, 7) is 2.20. The lowest BCUT2D eigenvalue weighted by atomic mass is 9.50. The van der Waals surface area contributed by atoms with Crippen LogP contribution in [-0.2, 0) is 28.5 Å². The lowest BCUT2D eigenvalue weighted by molar-refractivity contribution is -0.313. The first-order valence-corrected chi connectivity index (χ1v) is 16.0. The highest BCUT2D eigenvalue weighted by molar-refractivity contribution is 5.73. The number of aliphatic carboxylic acids is 2. The van der Waals surface area contributed by atoms with Crippen molar-refractivity contribution in [2.75, 3.05) is 0 Å². The van der Waals surface area contributed by atoms with E-state index in [0.29, 0.717) is 36.0 Å². The number of aliphatic hydroxyl groups excluding tert-OH is 6. The van der Waals surface area contributed by atoms with E-state index in [2.05, 4.69) is 6.92 Å². The molecule has 2 saturated heterocycles. The Morgan fingerprint density at radius 3 is 1.80 bits per heavy atom. The molecule has 4 aliphatic carbocycles. The van der Waals surface area contributed by atoms with Gasteiger partial charge in [-0.15, -0.1) is 0 Å². The summed E-state index contributed by atoms with van der Waals surface area (Å²) in [4.78, 5) is 23.0. The van der Waals surface area contributed by atoms with Crippen LogP contribution < -0.4 is 0 Å². The van der Waals surface area contributed by atoms with Crippen LogP contribution in [0.2, 0.25) is 0 Å². The largest absolute Gasteiger partial charge is 0.479 e. The maximum absolute atomic E-state index is 11.6. The summed E-state index contributed by atoms with van der Waals surface area (Å²) < 4.78 is 23.0. The van der Waals surface area contributed by atoms with Crippen molar-refractivity contribution in [2.45, 2.75) is 138 Å². The van der Waals surface area contributed by atoms with Gasteiger partial charge in [0, 0.05) is 0 Å². The standard InChI is InChI=1S/C30H46O14/c1-30-9-8-14-13-5-3-12(41-28-22(35)18(31)20(33)24(43-28)26(37)38)10-11(13)2-4-15(14)16(30)6-7-17(30)42-29-23(36)19(32)21(34)25(44-29)27(39)40/h11-25,28-29,31-36H,2-10H2,1H3,(H,37,38)(H,39,40)/t11-,12-,13-,14+,15+,16-,17+,18?,19?,20?,21?,22?,23?,24?,25?,28?,29?,30-/m1/s1. The number of carboxylic acid groups (broad SMARTS) is 2. The molecule has 6 aliphatic rings. The number of ether oxygens (including phenoxy) is 4. The van der Waals surface area contributed by atoms with Gasteiger partial charge in [0.2, 0.25) is 0 Å². The molecule has 0 bridgehead atoms. The predicted molar refractivity (Wildman–Crippen MR) is 145 cm³/mol. The third-order valence-electron chi connectivity index (χ3n) is 12.1. The molecule has 2 aliphatic heterocycles. The summed E-state index contributed by atoms with van der Waals surface area (Å²) in [7, 11) is 0. The molecule has 0 aromatic heterocycles. The summed E-state index contributed by atoms with van der Waals surface area (Å²) in [5, 5.41) is 80.1. The fourth-order valence-electron chi connectivity index (χ4n) is 9.79. The number of fused-ring (bicyclic) bond motifs is 5. The van der Waals surface area contributed by atoms with Gasteiger partial charge in [-0.2, -0.15) is 0 Å². The zero-order valence-electron chi connectivity index (χ0n) is 24.7. The van der Waals surface area contributed by atoms with Crippen molar-refractivity contribution in [2.24, 2.45) is 35.0 Å². The minimum Gasteiger partial charge on any atom is -0.479 e. The molecule has 2 heterocycles. The molecule has 6 fully saturated rings. The van der Waals surface area contributed by atoms with Gasteiger partial charge in [-0.1, -0.05) is 6.92 Å². The van der Waals surface area contributed by atoms with Crippen LogP contribution in [-0.4, -0.2) is 126 Å². The molecule has 250 valence electrons. The first-order valence-electron chi connectivity index (χ1n) is 16.0. The second-order valence-electron chi connectivity index (χ2n) is 14.2. The number of hydrogen-bond donors (Lipinski definition) is 8. The molecule has 18 atom stereocenters. The molecule has 4 saturated carbocycles. The fourth-order valence-corrected chi connectivity index (χ4v) is 9.79. The van der Waals surface area contributed by atoms with Crippen LogP contribution in [0.4, 0.5) is 0 Å². The van der Waals surface area contributed by atoms with Crippen molar-refractivity contribution in [3.05, 3.63) is 0 Å². The molecule has 0 aromatic carbocycles. The lowest BCUT2D eigenvalue weighted by Crippen LogP contribution is -2.61. The van der Waals surface area contributed by atoms with Gasteiger partial charge in [-0.25, -0.2) is 9.59 Å². The quantitative estimate of drug-likeness (QED) is 0.168. The van der Waals surface area contributed by atoms with Crippen molar-refractivity contribution in [1.29, 1.82) is 0 Å². The van der Waals surface area contributed by atoms with Crippen LogP contribution in [0.15, 0.2) is 0 Å². The lowest BCUT2D eigenvalue weighted by Gasteiger charge is -2.56. The maximum atomic E-state index is 11.6. The van der Waals surface area contributed by atoms with Crippen LogP contribution in [0, 0.1) is 35.0 Å². The highest BCUT2D eigenvalue weighted by Crippen LogP contribution is 2.63. The van der Waals surface area contributed by atoms with Gasteiger partial charge < -0.3 is 59.8 Å². The van der Waals surface area contributed by atoms with Crippen molar-refractivity contribution >= 4 is 11.9 Å². The van der Waals surface area contributed by atoms with Gasteiger partial charge in [-0.3, -0.25) is 0 Å². The molecule has 10 unspecified atom stereocenters. The molecular weight excluding hydrogens is 584 g/mol. The van der Waals surface area contributed by atoms with E-state index in [-0.39, 0.29) is 17.6 Å². The summed E-state index contributed by atoms with van der Waals surface area (Å²) in [5.74, 6) is -0.620. The molecule has 0 amide bonds. The normalized spacial score (nSPS) is 54.1. The summed E-state index contributed by atoms with van der Waals surface area (Å²) in [6.07, 6.45) is -8.81. The maximum Gasteiger partial charge on any atom is 0.335 e. The third kappa shape index (κ3) is 5.48. The smallest absolute Gasteiger partial charge is 0.335 e. The summed E-state index contributed by atoms with van der Waals surface area (Å²) in [6, 6.07) is 0. The van der Waals surface area contributed by atoms with Crippen LogP contribution in [0.5, 0.6) is 0 Å². The summed E-state index contributed by atoms with van der Waals surface area (Å²) >= 11 is 0. The van der Waals surface area contributed by atoms with Gasteiger partial charge in [0.1, 0.15) is 36.6 Å². The minimum atomic E-state index is -1.76. The third-order valence-corrected chi connectivity index (χ3v) is 12.1. The Kier molecular flexibility index (Phi) is 9.07. The Morgan fingerprint density at radius 2 is 1.20 bits per heavy atom. The molecule has 8 N–H and O–H groups in total. The highest BCUT2D eigenvalue weighted by atomic mass is 16.7. The van der Waals surface area contributed by atoms with E-state index in [1.807, 2.05) is 0 Å². The van der Waals surface area contributed by atoms with E-state index in [0.717, 1.165) is 51.4 Å². The van der Waals surface area contributed by atoms with Crippen LogP contribution in [0.1, 0.15) is 64.7 Å². The van der Waals surface area contributed by atoms with E-state index in [1.165, 1.54) is 0 Å². The monoisotopic (exact) mass is 630 g/mol. The Labute approximate surface area is 254 Å². The molecule has 0 aromatic rings. The fraction of sp³-hybridized carbons (Fsp3) is 0.933. The van der Waals surface area contributed by atoms with Crippen LogP contribution >= 0.6 is 0 Å².